The number of ether oxygens (including phenoxy) is 1. The number of aromatic nitrogens is 2. The fraction of sp³-hybridized carbons (Fsp3) is 0.562. The molecule has 0 aliphatic carbocycles. The zero-order valence-corrected chi connectivity index (χ0v) is 14.6. The van der Waals surface area contributed by atoms with E-state index in [-0.39, 0.29) is 12.5 Å². The van der Waals surface area contributed by atoms with Gasteiger partial charge in [-0.1, -0.05) is 13.8 Å². The van der Waals surface area contributed by atoms with Crippen molar-refractivity contribution in [1.29, 1.82) is 5.26 Å². The van der Waals surface area contributed by atoms with Crippen LogP contribution in [0.15, 0.2) is 18.5 Å². The van der Waals surface area contributed by atoms with E-state index in [1.807, 2.05) is 13.8 Å². The molecular formula is C16H23N5O3. The highest BCUT2D eigenvalue weighted by atomic mass is 16.5. The van der Waals surface area contributed by atoms with Crippen LogP contribution < -0.4 is 10.2 Å². The maximum Gasteiger partial charge on any atom is 0.326 e. The third kappa shape index (κ3) is 5.19. The Kier molecular flexibility index (Phi) is 6.65. The van der Waals surface area contributed by atoms with Gasteiger partial charge in [0.05, 0.1) is 6.07 Å². The Balaban J connectivity index is 2.58. The van der Waals surface area contributed by atoms with E-state index in [1.54, 1.807) is 32.4 Å². The zero-order chi connectivity index (χ0) is 18.3. The van der Waals surface area contributed by atoms with Gasteiger partial charge in [0.2, 0.25) is 5.95 Å². The van der Waals surface area contributed by atoms with Crippen molar-refractivity contribution in [3.63, 3.8) is 0 Å². The van der Waals surface area contributed by atoms with E-state index in [1.165, 1.54) is 11.8 Å². The summed E-state index contributed by atoms with van der Waals surface area (Å²) >= 11 is 0. The van der Waals surface area contributed by atoms with Gasteiger partial charge in [-0.3, -0.25) is 9.59 Å². The monoisotopic (exact) mass is 333 g/mol. The first-order valence-electron chi connectivity index (χ1n) is 7.60. The molecule has 0 spiro atoms. The van der Waals surface area contributed by atoms with Gasteiger partial charge in [0, 0.05) is 19.4 Å². The van der Waals surface area contributed by atoms with E-state index < -0.39 is 23.5 Å². The van der Waals surface area contributed by atoms with E-state index in [4.69, 9.17) is 4.74 Å². The first-order chi connectivity index (χ1) is 11.2. The molecule has 0 saturated heterocycles. The number of nitrogens with one attached hydrogen (secondary N) is 1. The largest absolute Gasteiger partial charge is 0.451 e. The Labute approximate surface area is 141 Å². The Morgan fingerprint density at radius 2 is 1.96 bits per heavy atom. The van der Waals surface area contributed by atoms with Crippen molar-refractivity contribution in [3.05, 3.63) is 18.5 Å². The van der Waals surface area contributed by atoms with Crippen LogP contribution in [0, 0.1) is 17.2 Å². The molecule has 2 unspecified atom stereocenters. The topological polar surface area (TPSA) is 108 Å². The van der Waals surface area contributed by atoms with Gasteiger partial charge in [-0.05, 0) is 25.8 Å². The Bertz CT molecular complexity index is 614. The molecule has 1 aromatic rings. The van der Waals surface area contributed by atoms with Crippen molar-refractivity contribution in [2.45, 2.75) is 39.3 Å². The molecule has 24 heavy (non-hydrogen) atoms. The first-order valence-corrected chi connectivity index (χ1v) is 7.60. The summed E-state index contributed by atoms with van der Waals surface area (Å²) in [6.07, 6.45) is 2.12. The summed E-state index contributed by atoms with van der Waals surface area (Å²) < 4.78 is 5.12. The Hall–Kier alpha value is -2.69. The quantitative estimate of drug-likeness (QED) is 0.738. The molecule has 1 aromatic heterocycles. The maximum absolute atomic E-state index is 12.1. The van der Waals surface area contributed by atoms with Gasteiger partial charge < -0.3 is 15.0 Å². The van der Waals surface area contributed by atoms with Crippen molar-refractivity contribution in [3.8, 4) is 6.07 Å². The molecule has 1 amide bonds. The predicted molar refractivity (Wildman–Crippen MR) is 87.9 cm³/mol. The van der Waals surface area contributed by atoms with Gasteiger partial charge in [0.15, 0.2) is 6.10 Å². The molecular weight excluding hydrogens is 310 g/mol. The lowest BCUT2D eigenvalue weighted by Crippen LogP contribution is -2.52. The van der Waals surface area contributed by atoms with E-state index in [9.17, 15) is 14.9 Å². The summed E-state index contributed by atoms with van der Waals surface area (Å²) in [5.74, 6) is -0.811. The van der Waals surface area contributed by atoms with E-state index >= 15 is 0 Å². The van der Waals surface area contributed by atoms with Gasteiger partial charge in [-0.2, -0.15) is 5.26 Å². The predicted octanol–water partition coefficient (Wildman–Crippen LogP) is 0.899. The molecule has 2 atom stereocenters. The van der Waals surface area contributed by atoms with Crippen LogP contribution in [0.3, 0.4) is 0 Å². The van der Waals surface area contributed by atoms with Gasteiger partial charge in [-0.15, -0.1) is 0 Å². The average molecular weight is 333 g/mol. The number of rotatable bonds is 7. The minimum absolute atomic E-state index is 0.0873. The molecule has 0 saturated carbocycles. The normalized spacial score (nSPS) is 14.2. The van der Waals surface area contributed by atoms with Crippen molar-refractivity contribution < 1.29 is 14.3 Å². The molecule has 1 rings (SSSR count). The highest BCUT2D eigenvalue weighted by Crippen LogP contribution is 2.15. The van der Waals surface area contributed by atoms with Crippen LogP contribution in [0.25, 0.3) is 0 Å². The molecule has 8 heteroatoms. The highest BCUT2D eigenvalue weighted by Gasteiger charge is 2.32. The smallest absolute Gasteiger partial charge is 0.326 e. The van der Waals surface area contributed by atoms with Crippen LogP contribution in [0.4, 0.5) is 5.95 Å². The van der Waals surface area contributed by atoms with E-state index in [0.717, 1.165) is 0 Å². The molecule has 0 bridgehead atoms. The lowest BCUT2D eigenvalue weighted by Gasteiger charge is -2.28. The van der Waals surface area contributed by atoms with Crippen molar-refractivity contribution in [2.24, 2.45) is 5.92 Å². The zero-order valence-electron chi connectivity index (χ0n) is 14.6. The third-order valence-electron chi connectivity index (χ3n) is 3.71. The fourth-order valence-corrected chi connectivity index (χ4v) is 1.70. The molecule has 0 aromatic carbocycles. The summed E-state index contributed by atoms with van der Waals surface area (Å²) in [6, 6.07) is 3.74. The van der Waals surface area contributed by atoms with E-state index in [2.05, 4.69) is 21.4 Å². The standard InChI is InChI=1S/C16H23N5O3/c1-11(2)16(4,10-17)20-14(23)12(3)24-13(22)9-21(5)15-18-7-6-8-19-15/h6-8,11-12H,9H2,1-5H3,(H,20,23). The number of carbonyl (C=O) groups excluding carboxylic acids is 2. The summed E-state index contributed by atoms with van der Waals surface area (Å²) in [6.45, 7) is 6.65. The number of nitrogens with zero attached hydrogens (tertiary/aromatic N) is 4. The van der Waals surface area contributed by atoms with Gasteiger partial charge in [0.1, 0.15) is 12.1 Å². The third-order valence-corrected chi connectivity index (χ3v) is 3.71. The van der Waals surface area contributed by atoms with Crippen LogP contribution in [-0.2, 0) is 14.3 Å². The second-order valence-corrected chi connectivity index (χ2v) is 6.00. The number of nitriles is 1. The molecule has 0 aliphatic rings. The lowest BCUT2D eigenvalue weighted by atomic mass is 9.90. The molecule has 0 aliphatic heterocycles. The summed E-state index contributed by atoms with van der Waals surface area (Å²) in [7, 11) is 1.65. The lowest BCUT2D eigenvalue weighted by molar-refractivity contribution is -0.154. The number of hydrogen-bond acceptors (Lipinski definition) is 7. The molecule has 130 valence electrons. The number of amides is 1. The van der Waals surface area contributed by atoms with Crippen LogP contribution in [0.5, 0.6) is 0 Å². The van der Waals surface area contributed by atoms with Crippen molar-refractivity contribution >= 4 is 17.8 Å². The fourth-order valence-electron chi connectivity index (χ4n) is 1.70. The van der Waals surface area contributed by atoms with Gasteiger partial charge in [0.25, 0.3) is 5.91 Å². The minimum Gasteiger partial charge on any atom is -0.451 e. The molecule has 0 fully saturated rings. The highest BCUT2D eigenvalue weighted by molar-refractivity contribution is 5.85. The van der Waals surface area contributed by atoms with Crippen molar-refractivity contribution in [1.82, 2.24) is 15.3 Å². The van der Waals surface area contributed by atoms with Crippen molar-refractivity contribution in [2.75, 3.05) is 18.5 Å². The Morgan fingerprint density at radius 3 is 2.46 bits per heavy atom. The Morgan fingerprint density at radius 1 is 1.38 bits per heavy atom. The molecule has 1 N–H and O–H groups in total. The second-order valence-electron chi connectivity index (χ2n) is 6.00. The number of likely N-dealkylation sites (N-methyl/N-ethyl adjacent to an activating group) is 1. The van der Waals surface area contributed by atoms with E-state index in [0.29, 0.717) is 5.95 Å². The SMILES string of the molecule is CC(OC(=O)CN(C)c1ncccn1)C(=O)NC(C)(C#N)C(C)C. The molecule has 0 radical (unpaired) electrons. The van der Waals surface area contributed by atoms with Gasteiger partial charge in [-0.25, -0.2) is 9.97 Å². The van der Waals surface area contributed by atoms with Gasteiger partial charge >= 0.3 is 5.97 Å². The molecule has 8 nitrogen and oxygen atoms in total. The summed E-state index contributed by atoms with van der Waals surface area (Å²) in [4.78, 5) is 33.6. The number of carbonyl (C=O) groups is 2. The second kappa shape index (κ2) is 8.24. The number of esters is 1. The number of hydrogen-bond donors (Lipinski definition) is 1. The summed E-state index contributed by atoms with van der Waals surface area (Å²) in [5, 5.41) is 11.8. The summed E-state index contributed by atoms with van der Waals surface area (Å²) in [5.41, 5.74) is -1.02. The van der Waals surface area contributed by atoms with Crippen LogP contribution in [0.2, 0.25) is 0 Å². The van der Waals surface area contributed by atoms with Crippen LogP contribution in [-0.4, -0.2) is 47.1 Å². The average Bonchev–Trinajstić information content (AvgIpc) is 2.54. The first kappa shape index (κ1) is 19.4. The maximum atomic E-state index is 12.1. The number of anilines is 1. The molecule has 1 heterocycles. The van der Waals surface area contributed by atoms with Crippen LogP contribution in [0.1, 0.15) is 27.7 Å². The van der Waals surface area contributed by atoms with Crippen LogP contribution >= 0.6 is 0 Å². The minimum atomic E-state index is -1.02.